The summed E-state index contributed by atoms with van der Waals surface area (Å²) in [5.74, 6) is -0.442. The van der Waals surface area contributed by atoms with Crippen LogP contribution in [0.3, 0.4) is 0 Å². The van der Waals surface area contributed by atoms with Gasteiger partial charge < -0.3 is 42.8 Å². The third-order valence-corrected chi connectivity index (χ3v) is 8.04. The Morgan fingerprint density at radius 2 is 1.90 bits per heavy atom. The first-order valence-corrected chi connectivity index (χ1v) is 13.9. The van der Waals surface area contributed by atoms with Crippen LogP contribution in [0.1, 0.15) is 67.2 Å². The van der Waals surface area contributed by atoms with Crippen LogP contribution in [0.25, 0.3) is 0 Å². The molecule has 0 aromatic rings. The van der Waals surface area contributed by atoms with E-state index in [2.05, 4.69) is 47.6 Å². The number of carboxylic acids is 1. The Bertz CT molecular complexity index is 841. The van der Waals surface area contributed by atoms with Gasteiger partial charge in [0.2, 0.25) is 0 Å². The zero-order valence-electron chi connectivity index (χ0n) is 25.4. The van der Waals surface area contributed by atoms with E-state index in [9.17, 15) is 14.7 Å². The van der Waals surface area contributed by atoms with Gasteiger partial charge in [0.15, 0.2) is 0 Å². The Balaban J connectivity index is 0.00000760. The van der Waals surface area contributed by atoms with Crippen LogP contribution in [-0.2, 0) is 23.7 Å². The van der Waals surface area contributed by atoms with Crippen molar-refractivity contribution in [2.45, 2.75) is 103 Å². The van der Waals surface area contributed by atoms with Crippen molar-refractivity contribution in [2.24, 2.45) is 17.8 Å². The largest absolute Gasteiger partial charge is 1.00 e. The van der Waals surface area contributed by atoms with Crippen LogP contribution in [0.2, 0.25) is 0 Å². The Hall–Kier alpha value is -1.30. The Kier molecular flexibility index (Phi) is 14.9. The van der Waals surface area contributed by atoms with E-state index in [0.717, 1.165) is 18.4 Å². The van der Waals surface area contributed by atoms with Crippen molar-refractivity contribution in [3.63, 3.8) is 0 Å². The predicted octanol–water partition coefficient (Wildman–Crippen LogP) is 2.48. The number of allylic oxidation sites excluding steroid dienone is 3. The van der Waals surface area contributed by atoms with Crippen molar-refractivity contribution in [2.75, 3.05) is 20.2 Å². The van der Waals surface area contributed by atoms with Crippen LogP contribution in [0.5, 0.6) is 0 Å². The SMILES string of the molecule is [CH2-]CN(C[CH2-])C(=O)O[C@@H]1C[C@H](CC(=O)O)O[C@H](/C(C)=C/C=C/[C@@H](C)C[C@@]2(C)O[C@@H]2[C@H](C)[C@H](CC)OC)[C@H]1C.[Li+]. The first-order chi connectivity index (χ1) is 17.9. The molecule has 2 heterocycles. The molecule has 2 aliphatic rings. The maximum Gasteiger partial charge on any atom is 1.00 e. The van der Waals surface area contributed by atoms with Crippen LogP contribution in [-0.4, -0.2) is 78.4 Å². The molecule has 0 saturated carbocycles. The van der Waals surface area contributed by atoms with Gasteiger partial charge in [-0.15, -0.1) is 13.1 Å². The molecular weight excluding hydrogens is 493 g/mol. The molecule has 8 nitrogen and oxygen atoms in total. The van der Waals surface area contributed by atoms with E-state index < -0.39 is 24.3 Å². The Morgan fingerprint density at radius 1 is 1.26 bits per heavy atom. The monoisotopic (exact) mass is 542 g/mol. The molecule has 39 heavy (non-hydrogen) atoms. The van der Waals surface area contributed by atoms with Crippen molar-refractivity contribution in [1.82, 2.24) is 4.90 Å². The third-order valence-electron chi connectivity index (χ3n) is 8.04. The van der Waals surface area contributed by atoms with E-state index >= 15 is 0 Å². The van der Waals surface area contributed by atoms with Gasteiger partial charge in [0.1, 0.15) is 6.10 Å². The fourth-order valence-corrected chi connectivity index (χ4v) is 5.79. The molecule has 0 radical (unpaired) electrons. The Labute approximate surface area is 248 Å². The summed E-state index contributed by atoms with van der Waals surface area (Å²) in [6.45, 7) is 20.6. The zero-order valence-corrected chi connectivity index (χ0v) is 25.4. The third kappa shape index (κ3) is 9.93. The minimum Gasteiger partial charge on any atom is -0.481 e. The maximum atomic E-state index is 12.6. The number of aliphatic carboxylic acids is 1. The number of rotatable bonds is 14. The summed E-state index contributed by atoms with van der Waals surface area (Å²) in [5.41, 5.74) is 0.806. The number of carboxylic acid groups (broad SMARTS) is 1. The fraction of sp³-hybridized carbons (Fsp3) is 0.733. The normalized spacial score (nSPS) is 31.2. The van der Waals surface area contributed by atoms with Gasteiger partial charge in [0.05, 0.1) is 36.4 Å². The van der Waals surface area contributed by atoms with E-state index in [1.807, 2.05) is 26.0 Å². The number of ether oxygens (including phenoxy) is 4. The number of amides is 1. The van der Waals surface area contributed by atoms with Crippen molar-refractivity contribution in [3.8, 4) is 0 Å². The van der Waals surface area contributed by atoms with Crippen molar-refractivity contribution in [1.29, 1.82) is 0 Å². The summed E-state index contributed by atoms with van der Waals surface area (Å²) in [4.78, 5) is 25.4. The van der Waals surface area contributed by atoms with E-state index in [-0.39, 0.29) is 68.2 Å². The van der Waals surface area contributed by atoms with Crippen molar-refractivity contribution >= 4 is 12.1 Å². The van der Waals surface area contributed by atoms with Gasteiger partial charge in [-0.2, -0.15) is 0 Å². The van der Waals surface area contributed by atoms with Gasteiger partial charge >= 0.3 is 30.9 Å². The summed E-state index contributed by atoms with van der Waals surface area (Å²) >= 11 is 0. The maximum absolute atomic E-state index is 12.6. The molecule has 1 N–H and O–H groups in total. The van der Waals surface area contributed by atoms with Gasteiger partial charge in [-0.25, -0.2) is 4.79 Å². The second-order valence-electron chi connectivity index (χ2n) is 11.2. The molecule has 0 unspecified atom stereocenters. The van der Waals surface area contributed by atoms with Crippen LogP contribution in [0, 0.1) is 31.6 Å². The number of carbonyl (C=O) groups is 2. The number of hydrogen-bond donors (Lipinski definition) is 1. The molecule has 0 spiro atoms. The summed E-state index contributed by atoms with van der Waals surface area (Å²) in [7, 11) is 1.76. The molecule has 2 rings (SSSR count). The molecule has 2 aliphatic heterocycles. The summed E-state index contributed by atoms with van der Waals surface area (Å²) in [6, 6.07) is 0. The van der Waals surface area contributed by atoms with Crippen LogP contribution in [0.4, 0.5) is 4.79 Å². The molecule has 2 fully saturated rings. The molecule has 0 aromatic heterocycles. The van der Waals surface area contributed by atoms with Gasteiger partial charge in [0, 0.05) is 25.4 Å². The van der Waals surface area contributed by atoms with Gasteiger partial charge in [-0.3, -0.25) is 4.79 Å². The number of methoxy groups -OCH3 is 1. The molecule has 9 atom stereocenters. The second kappa shape index (κ2) is 16.2. The van der Waals surface area contributed by atoms with Crippen molar-refractivity contribution in [3.05, 3.63) is 37.6 Å². The fourth-order valence-electron chi connectivity index (χ4n) is 5.79. The number of epoxide rings is 1. The van der Waals surface area contributed by atoms with Gasteiger partial charge in [0.25, 0.3) is 0 Å². The molecule has 0 bridgehead atoms. The van der Waals surface area contributed by atoms with E-state index in [1.165, 1.54) is 4.90 Å². The Morgan fingerprint density at radius 3 is 2.44 bits per heavy atom. The minimum absolute atomic E-state index is 0. The molecule has 1 amide bonds. The second-order valence-corrected chi connectivity index (χ2v) is 11.2. The first kappa shape index (κ1) is 35.7. The molecule has 2 saturated heterocycles. The minimum atomic E-state index is -0.944. The molecule has 9 heteroatoms. The summed E-state index contributed by atoms with van der Waals surface area (Å²) < 4.78 is 23.7. The molecule has 0 aromatic carbocycles. The van der Waals surface area contributed by atoms with E-state index in [1.54, 1.807) is 7.11 Å². The summed E-state index contributed by atoms with van der Waals surface area (Å²) in [5, 5.41) is 9.35. The van der Waals surface area contributed by atoms with Gasteiger partial charge in [-0.05, 0) is 38.2 Å². The topological polar surface area (TPSA) is 97.8 Å². The quantitative estimate of drug-likeness (QED) is 0.156. The zero-order chi connectivity index (χ0) is 28.6. The molecular formula is C30H49LiNO7-. The average Bonchev–Trinajstić information content (AvgIpc) is 3.52. The predicted molar refractivity (Wildman–Crippen MR) is 147 cm³/mol. The average molecular weight is 543 g/mol. The number of hydrogen-bond acceptors (Lipinski definition) is 6. The van der Waals surface area contributed by atoms with Crippen LogP contribution >= 0.6 is 0 Å². The molecule has 218 valence electrons. The van der Waals surface area contributed by atoms with Crippen LogP contribution < -0.4 is 18.9 Å². The number of carbonyl (C=O) groups excluding carboxylic acids is 1. The van der Waals surface area contributed by atoms with E-state index in [0.29, 0.717) is 18.3 Å². The summed E-state index contributed by atoms with van der Waals surface area (Å²) in [6.07, 6.45) is 6.78. The van der Waals surface area contributed by atoms with Crippen molar-refractivity contribution < 1.29 is 52.5 Å². The molecule has 0 aliphatic carbocycles. The van der Waals surface area contributed by atoms with Crippen LogP contribution in [0.15, 0.2) is 23.8 Å². The van der Waals surface area contributed by atoms with Gasteiger partial charge in [-0.1, -0.05) is 45.9 Å². The number of nitrogens with zero attached hydrogens (tertiary/aromatic N) is 1. The first-order valence-electron chi connectivity index (χ1n) is 13.9. The van der Waals surface area contributed by atoms with E-state index in [4.69, 9.17) is 18.9 Å². The standard InChI is InChI=1S/C30H49NO7.Li/c1-10-24(35-9)22(7)28-30(8,38-28)18-19(4)14-13-15-20(5)27-21(6)25(16-23(36-27)17-26(32)33)37-29(34)31(11-2)12-3;/h13-15,19,21-25,27-28H,2-3,10-12,16-18H2,1,4-9H3,(H,32,33);/q-2;+1/b14-13+,20-15+;/t19-,21+,22-,23-,24+,25-,27-,28-,30-;/m1./s1. The smallest absolute Gasteiger partial charge is 0.481 e.